The molecule has 4 rings (SSSR count). The molecular formula is C23H20ClNO5. The number of amides is 1. The lowest BCUT2D eigenvalue weighted by Gasteiger charge is -2.25. The SMILES string of the molecule is C=CCOc1cccc(C2c3c(oc4ccc(Cl)cc4c3=O)C(=O)N2CCOC)c1. The molecule has 0 saturated carbocycles. The molecule has 6 nitrogen and oxygen atoms in total. The first-order valence-electron chi connectivity index (χ1n) is 9.45. The fourth-order valence-electron chi connectivity index (χ4n) is 3.69. The van der Waals surface area contributed by atoms with E-state index in [2.05, 4.69) is 6.58 Å². The lowest BCUT2D eigenvalue weighted by atomic mass is 9.98. The third kappa shape index (κ3) is 3.49. The molecule has 0 aliphatic carbocycles. The second kappa shape index (κ2) is 8.34. The van der Waals surface area contributed by atoms with Crippen LogP contribution in [0.2, 0.25) is 5.02 Å². The molecule has 7 heteroatoms. The number of methoxy groups -OCH3 is 1. The normalized spacial score (nSPS) is 15.5. The minimum Gasteiger partial charge on any atom is -0.490 e. The monoisotopic (exact) mass is 425 g/mol. The predicted molar refractivity (Wildman–Crippen MR) is 114 cm³/mol. The van der Waals surface area contributed by atoms with Gasteiger partial charge in [-0.05, 0) is 35.9 Å². The predicted octanol–water partition coefficient (Wildman–Crippen LogP) is 4.20. The van der Waals surface area contributed by atoms with Crippen LogP contribution in [-0.4, -0.2) is 37.7 Å². The maximum absolute atomic E-state index is 13.4. The van der Waals surface area contributed by atoms with E-state index in [1.807, 2.05) is 24.3 Å². The minimum atomic E-state index is -0.616. The highest BCUT2D eigenvalue weighted by atomic mass is 35.5. The van der Waals surface area contributed by atoms with Crippen LogP contribution >= 0.6 is 11.6 Å². The highest BCUT2D eigenvalue weighted by Crippen LogP contribution is 2.39. The van der Waals surface area contributed by atoms with Crippen LogP contribution in [0.3, 0.4) is 0 Å². The molecule has 0 bridgehead atoms. The van der Waals surface area contributed by atoms with Crippen molar-refractivity contribution in [2.75, 3.05) is 26.9 Å². The highest BCUT2D eigenvalue weighted by molar-refractivity contribution is 6.31. The smallest absolute Gasteiger partial charge is 0.290 e. The molecule has 0 fully saturated rings. The molecule has 0 saturated heterocycles. The minimum absolute atomic E-state index is 0.0494. The lowest BCUT2D eigenvalue weighted by Crippen LogP contribution is -2.32. The van der Waals surface area contributed by atoms with Gasteiger partial charge in [0.1, 0.15) is 17.9 Å². The Bertz CT molecular complexity index is 1190. The maximum Gasteiger partial charge on any atom is 0.290 e. The van der Waals surface area contributed by atoms with Gasteiger partial charge in [-0.1, -0.05) is 36.4 Å². The summed E-state index contributed by atoms with van der Waals surface area (Å²) in [6.07, 6.45) is 1.65. The van der Waals surface area contributed by atoms with Crippen molar-refractivity contribution in [2.45, 2.75) is 6.04 Å². The van der Waals surface area contributed by atoms with Gasteiger partial charge in [0.05, 0.1) is 23.6 Å². The Kier molecular flexibility index (Phi) is 5.61. The first-order valence-corrected chi connectivity index (χ1v) is 9.82. The van der Waals surface area contributed by atoms with E-state index < -0.39 is 6.04 Å². The summed E-state index contributed by atoms with van der Waals surface area (Å²) in [6.45, 7) is 4.63. The maximum atomic E-state index is 13.4. The topological polar surface area (TPSA) is 69.0 Å². The standard InChI is InChI=1S/C23H20ClNO5/c1-3-10-29-16-6-4-5-14(12-16)20-19-21(26)17-13-15(24)7-8-18(17)30-22(19)23(27)25(20)9-11-28-2/h3-8,12-13,20H,1,9-11H2,2H3. The van der Waals surface area contributed by atoms with E-state index in [-0.39, 0.29) is 17.1 Å². The summed E-state index contributed by atoms with van der Waals surface area (Å²) >= 11 is 6.09. The summed E-state index contributed by atoms with van der Waals surface area (Å²) in [5, 5.41) is 0.762. The van der Waals surface area contributed by atoms with Gasteiger partial charge in [0.2, 0.25) is 5.76 Å². The third-order valence-corrected chi connectivity index (χ3v) is 5.24. The van der Waals surface area contributed by atoms with Gasteiger partial charge in [-0.2, -0.15) is 0 Å². The molecular weight excluding hydrogens is 406 g/mol. The molecule has 0 spiro atoms. The van der Waals surface area contributed by atoms with Crippen LogP contribution < -0.4 is 10.2 Å². The number of halogens is 1. The Hall–Kier alpha value is -3.09. The first kappa shape index (κ1) is 20.2. The fourth-order valence-corrected chi connectivity index (χ4v) is 3.86. The largest absolute Gasteiger partial charge is 0.490 e. The van der Waals surface area contributed by atoms with Crippen molar-refractivity contribution < 1.29 is 18.7 Å². The Balaban J connectivity index is 1.91. The summed E-state index contributed by atoms with van der Waals surface area (Å²) in [7, 11) is 1.56. The van der Waals surface area contributed by atoms with Gasteiger partial charge >= 0.3 is 0 Å². The Morgan fingerprint density at radius 1 is 1.23 bits per heavy atom. The van der Waals surface area contributed by atoms with Crippen LogP contribution in [-0.2, 0) is 4.74 Å². The summed E-state index contributed by atoms with van der Waals surface area (Å²) < 4.78 is 16.7. The zero-order valence-electron chi connectivity index (χ0n) is 16.4. The number of carbonyl (C=O) groups excluding carboxylic acids is 1. The van der Waals surface area contributed by atoms with Crippen LogP contribution in [0.15, 0.2) is 64.3 Å². The molecule has 1 amide bonds. The molecule has 1 aromatic heterocycles. The number of nitrogens with zero attached hydrogens (tertiary/aromatic N) is 1. The van der Waals surface area contributed by atoms with Gasteiger partial charge in [0, 0.05) is 18.7 Å². The molecule has 2 heterocycles. The number of hydrogen-bond acceptors (Lipinski definition) is 5. The second-order valence-electron chi connectivity index (χ2n) is 6.88. The number of ether oxygens (including phenoxy) is 2. The van der Waals surface area contributed by atoms with Gasteiger partial charge in [-0.3, -0.25) is 9.59 Å². The average Bonchev–Trinajstić information content (AvgIpc) is 3.03. The van der Waals surface area contributed by atoms with E-state index in [0.717, 1.165) is 5.56 Å². The van der Waals surface area contributed by atoms with Crippen molar-refractivity contribution >= 4 is 28.5 Å². The van der Waals surface area contributed by atoms with E-state index in [0.29, 0.717) is 47.1 Å². The molecule has 0 radical (unpaired) electrons. The molecule has 1 aliphatic rings. The van der Waals surface area contributed by atoms with Gasteiger partial charge < -0.3 is 18.8 Å². The zero-order valence-corrected chi connectivity index (χ0v) is 17.1. The Morgan fingerprint density at radius 2 is 2.07 bits per heavy atom. The van der Waals surface area contributed by atoms with E-state index >= 15 is 0 Å². The molecule has 154 valence electrons. The Morgan fingerprint density at radius 3 is 2.83 bits per heavy atom. The average molecular weight is 426 g/mol. The zero-order chi connectivity index (χ0) is 21.3. The van der Waals surface area contributed by atoms with Crippen molar-refractivity contribution in [1.82, 2.24) is 4.90 Å². The van der Waals surface area contributed by atoms with Crippen LogP contribution in [0.1, 0.15) is 27.7 Å². The lowest BCUT2D eigenvalue weighted by molar-refractivity contribution is 0.0663. The molecule has 3 aromatic rings. The summed E-state index contributed by atoms with van der Waals surface area (Å²) in [4.78, 5) is 28.2. The van der Waals surface area contributed by atoms with Crippen molar-refractivity contribution in [3.63, 3.8) is 0 Å². The third-order valence-electron chi connectivity index (χ3n) is 5.01. The van der Waals surface area contributed by atoms with Gasteiger partial charge in [-0.25, -0.2) is 0 Å². The number of fused-ring (bicyclic) bond motifs is 2. The second-order valence-corrected chi connectivity index (χ2v) is 7.32. The van der Waals surface area contributed by atoms with Gasteiger partial charge in [0.25, 0.3) is 5.91 Å². The highest BCUT2D eigenvalue weighted by Gasteiger charge is 2.42. The van der Waals surface area contributed by atoms with Crippen molar-refractivity contribution in [3.05, 3.63) is 87.3 Å². The van der Waals surface area contributed by atoms with Gasteiger partial charge in [-0.15, -0.1) is 0 Å². The van der Waals surface area contributed by atoms with Crippen molar-refractivity contribution in [1.29, 1.82) is 0 Å². The van der Waals surface area contributed by atoms with Crippen LogP contribution in [0.4, 0.5) is 0 Å². The summed E-state index contributed by atoms with van der Waals surface area (Å²) in [6, 6.07) is 11.5. The molecule has 2 aromatic carbocycles. The molecule has 30 heavy (non-hydrogen) atoms. The van der Waals surface area contributed by atoms with E-state index in [4.69, 9.17) is 25.5 Å². The number of carbonyl (C=O) groups is 1. The van der Waals surface area contributed by atoms with Crippen LogP contribution in [0.25, 0.3) is 11.0 Å². The molecule has 1 unspecified atom stereocenters. The van der Waals surface area contributed by atoms with Crippen LogP contribution in [0.5, 0.6) is 5.75 Å². The van der Waals surface area contributed by atoms with E-state index in [1.165, 1.54) is 0 Å². The number of benzene rings is 2. The van der Waals surface area contributed by atoms with E-state index in [1.54, 1.807) is 36.3 Å². The molecule has 1 aliphatic heterocycles. The summed E-state index contributed by atoms with van der Waals surface area (Å²) in [5.41, 5.74) is 1.09. The summed E-state index contributed by atoms with van der Waals surface area (Å²) in [5.74, 6) is 0.319. The Labute approximate surface area is 178 Å². The number of hydrogen-bond donors (Lipinski definition) is 0. The van der Waals surface area contributed by atoms with E-state index in [9.17, 15) is 9.59 Å². The molecule has 1 atom stereocenters. The van der Waals surface area contributed by atoms with Crippen LogP contribution in [0, 0.1) is 0 Å². The van der Waals surface area contributed by atoms with Crippen molar-refractivity contribution in [3.8, 4) is 5.75 Å². The van der Waals surface area contributed by atoms with Crippen molar-refractivity contribution in [2.24, 2.45) is 0 Å². The molecule has 0 N–H and O–H groups in total. The number of rotatable bonds is 7. The van der Waals surface area contributed by atoms with Gasteiger partial charge in [0.15, 0.2) is 5.43 Å². The first-order chi connectivity index (χ1) is 14.5. The quantitative estimate of drug-likeness (QED) is 0.530. The fraction of sp³-hybridized carbons (Fsp3) is 0.217.